The molecule has 120 valence electrons. The normalized spacial score (nSPS) is 12.8. The van der Waals surface area contributed by atoms with Crippen LogP contribution in [0, 0.1) is 11.3 Å². The Morgan fingerprint density at radius 3 is 2.96 bits per heavy atom. The summed E-state index contributed by atoms with van der Waals surface area (Å²) in [5, 5.41) is 11.6. The molecule has 2 aromatic carbocycles. The number of hydrogen-bond acceptors (Lipinski definition) is 4. The van der Waals surface area contributed by atoms with Gasteiger partial charge in [0.25, 0.3) is 5.91 Å². The van der Waals surface area contributed by atoms with E-state index in [4.69, 9.17) is 10.00 Å². The third-order valence-electron chi connectivity index (χ3n) is 3.75. The monoisotopic (exact) mass is 321 g/mol. The average molecular weight is 321 g/mol. The van der Waals surface area contributed by atoms with Crippen molar-refractivity contribution in [2.24, 2.45) is 0 Å². The molecule has 0 bridgehead atoms. The molecule has 0 saturated heterocycles. The van der Waals surface area contributed by atoms with Crippen LogP contribution in [0.25, 0.3) is 0 Å². The molecule has 0 aromatic heterocycles. The Morgan fingerprint density at radius 1 is 1.33 bits per heavy atom. The minimum atomic E-state index is -0.198. The minimum Gasteiger partial charge on any atom is -0.482 e. The van der Waals surface area contributed by atoms with Gasteiger partial charge in [-0.25, -0.2) is 0 Å². The molecule has 2 amide bonds. The van der Waals surface area contributed by atoms with Gasteiger partial charge < -0.3 is 15.0 Å². The van der Waals surface area contributed by atoms with Crippen molar-refractivity contribution in [2.75, 3.05) is 23.9 Å². The summed E-state index contributed by atoms with van der Waals surface area (Å²) in [5.74, 6) is 0.302. The van der Waals surface area contributed by atoms with Crippen LogP contribution >= 0.6 is 0 Å². The highest BCUT2D eigenvalue weighted by Crippen LogP contribution is 2.32. The second kappa shape index (κ2) is 6.42. The lowest BCUT2D eigenvalue weighted by atomic mass is 10.1. The van der Waals surface area contributed by atoms with Crippen molar-refractivity contribution in [2.45, 2.75) is 6.42 Å². The first-order valence-corrected chi connectivity index (χ1v) is 7.39. The lowest BCUT2D eigenvalue weighted by Crippen LogP contribution is -2.35. The summed E-state index contributed by atoms with van der Waals surface area (Å²) in [6.45, 7) is 0.0264. The van der Waals surface area contributed by atoms with Gasteiger partial charge in [-0.15, -0.1) is 0 Å². The van der Waals surface area contributed by atoms with E-state index >= 15 is 0 Å². The van der Waals surface area contributed by atoms with Crippen molar-refractivity contribution in [1.29, 1.82) is 5.26 Å². The number of carbonyl (C=O) groups excluding carboxylic acids is 2. The van der Waals surface area contributed by atoms with Crippen LogP contribution in [0.5, 0.6) is 5.75 Å². The SMILES string of the molecule is CN1C(=O)COc2ccc(CC(=O)Nc3cccc(C#N)c3)cc21. The number of rotatable bonds is 3. The summed E-state index contributed by atoms with van der Waals surface area (Å²) in [5.41, 5.74) is 2.49. The quantitative estimate of drug-likeness (QED) is 0.938. The third kappa shape index (κ3) is 3.20. The van der Waals surface area contributed by atoms with Gasteiger partial charge in [-0.2, -0.15) is 5.26 Å². The van der Waals surface area contributed by atoms with E-state index in [2.05, 4.69) is 5.32 Å². The number of benzene rings is 2. The van der Waals surface area contributed by atoms with Gasteiger partial charge in [-0.1, -0.05) is 12.1 Å². The van der Waals surface area contributed by atoms with Gasteiger partial charge in [0.05, 0.1) is 23.7 Å². The Balaban J connectivity index is 1.73. The first-order valence-electron chi connectivity index (χ1n) is 7.39. The molecule has 6 nitrogen and oxygen atoms in total. The van der Waals surface area contributed by atoms with Gasteiger partial charge in [0.15, 0.2) is 6.61 Å². The van der Waals surface area contributed by atoms with Gasteiger partial charge >= 0.3 is 0 Å². The fourth-order valence-electron chi connectivity index (χ4n) is 2.48. The fraction of sp³-hybridized carbons (Fsp3) is 0.167. The number of ether oxygens (including phenoxy) is 1. The summed E-state index contributed by atoms with van der Waals surface area (Å²) >= 11 is 0. The summed E-state index contributed by atoms with van der Waals surface area (Å²) in [6.07, 6.45) is 0.159. The van der Waals surface area contributed by atoms with E-state index in [1.54, 1.807) is 49.5 Å². The Morgan fingerprint density at radius 2 is 2.17 bits per heavy atom. The van der Waals surface area contributed by atoms with Crippen LogP contribution in [0.4, 0.5) is 11.4 Å². The molecule has 1 aliphatic rings. The molecule has 3 rings (SSSR count). The summed E-state index contributed by atoms with van der Waals surface area (Å²) < 4.78 is 5.36. The van der Waals surface area contributed by atoms with Crippen LogP contribution in [0.15, 0.2) is 42.5 Å². The Labute approximate surface area is 139 Å². The van der Waals surface area contributed by atoms with E-state index in [1.165, 1.54) is 4.90 Å². The summed E-state index contributed by atoms with van der Waals surface area (Å²) in [7, 11) is 1.68. The highest BCUT2D eigenvalue weighted by atomic mass is 16.5. The highest BCUT2D eigenvalue weighted by Gasteiger charge is 2.22. The smallest absolute Gasteiger partial charge is 0.264 e. The van der Waals surface area contributed by atoms with Gasteiger partial charge in [-0.3, -0.25) is 9.59 Å². The topological polar surface area (TPSA) is 82.4 Å². The molecule has 0 saturated carbocycles. The van der Waals surface area contributed by atoms with Crippen LogP contribution in [-0.2, 0) is 16.0 Å². The van der Waals surface area contributed by atoms with Gasteiger partial charge in [0.1, 0.15) is 5.75 Å². The molecule has 0 fully saturated rings. The zero-order chi connectivity index (χ0) is 17.1. The number of nitrogens with zero attached hydrogens (tertiary/aromatic N) is 2. The maximum Gasteiger partial charge on any atom is 0.264 e. The van der Waals surface area contributed by atoms with Crippen molar-refractivity contribution in [3.05, 3.63) is 53.6 Å². The molecular formula is C18H15N3O3. The summed E-state index contributed by atoms with van der Waals surface area (Å²) in [6, 6.07) is 14.1. The average Bonchev–Trinajstić information content (AvgIpc) is 2.58. The van der Waals surface area contributed by atoms with Crippen molar-refractivity contribution >= 4 is 23.2 Å². The second-order valence-corrected chi connectivity index (χ2v) is 5.46. The van der Waals surface area contributed by atoms with E-state index in [-0.39, 0.29) is 24.8 Å². The number of nitriles is 1. The molecule has 2 aromatic rings. The molecule has 24 heavy (non-hydrogen) atoms. The number of nitrogens with one attached hydrogen (secondary N) is 1. The summed E-state index contributed by atoms with van der Waals surface area (Å²) in [4.78, 5) is 25.4. The van der Waals surface area contributed by atoms with Gasteiger partial charge in [0, 0.05) is 12.7 Å². The number of carbonyl (C=O) groups is 2. The standard InChI is InChI=1S/C18H15N3O3/c1-21-15-8-12(5-6-16(15)24-11-18(21)23)9-17(22)20-14-4-2-3-13(7-14)10-19/h2-8H,9,11H2,1H3,(H,20,22). The third-order valence-corrected chi connectivity index (χ3v) is 3.75. The first kappa shape index (κ1) is 15.6. The Kier molecular flexibility index (Phi) is 4.17. The maximum absolute atomic E-state index is 12.2. The Hall–Kier alpha value is -3.33. The molecule has 1 N–H and O–H groups in total. The molecule has 0 atom stereocenters. The molecule has 0 radical (unpaired) electrons. The molecule has 0 unspecified atom stereocenters. The van der Waals surface area contributed by atoms with Crippen molar-refractivity contribution in [3.8, 4) is 11.8 Å². The fourth-order valence-corrected chi connectivity index (χ4v) is 2.48. The highest BCUT2D eigenvalue weighted by molar-refractivity contribution is 5.98. The molecular weight excluding hydrogens is 306 g/mol. The zero-order valence-electron chi connectivity index (χ0n) is 13.1. The molecule has 1 heterocycles. The lowest BCUT2D eigenvalue weighted by Gasteiger charge is -2.26. The number of amides is 2. The largest absolute Gasteiger partial charge is 0.482 e. The van der Waals surface area contributed by atoms with Crippen LogP contribution in [0.1, 0.15) is 11.1 Å². The van der Waals surface area contributed by atoms with Crippen molar-refractivity contribution in [3.63, 3.8) is 0 Å². The lowest BCUT2D eigenvalue weighted by molar-refractivity contribution is -0.121. The van der Waals surface area contributed by atoms with Crippen molar-refractivity contribution < 1.29 is 14.3 Å². The molecule has 0 aliphatic carbocycles. The predicted molar refractivity (Wildman–Crippen MR) is 88.8 cm³/mol. The molecule has 1 aliphatic heterocycles. The molecule has 0 spiro atoms. The maximum atomic E-state index is 12.2. The van der Waals surface area contributed by atoms with Gasteiger partial charge in [0.2, 0.25) is 5.91 Å². The van der Waals surface area contributed by atoms with Gasteiger partial charge in [-0.05, 0) is 35.9 Å². The van der Waals surface area contributed by atoms with Crippen LogP contribution < -0.4 is 15.0 Å². The van der Waals surface area contributed by atoms with Crippen molar-refractivity contribution in [1.82, 2.24) is 0 Å². The minimum absolute atomic E-state index is 0.0264. The van der Waals surface area contributed by atoms with E-state index in [0.29, 0.717) is 22.7 Å². The number of anilines is 2. The number of likely N-dealkylation sites (N-methyl/N-ethyl adjacent to an activating group) is 1. The predicted octanol–water partition coefficient (Wildman–Crippen LogP) is 2.09. The van der Waals surface area contributed by atoms with Crippen LogP contribution in [0.2, 0.25) is 0 Å². The van der Waals surface area contributed by atoms with Crippen LogP contribution in [-0.4, -0.2) is 25.5 Å². The zero-order valence-corrected chi connectivity index (χ0v) is 13.1. The number of hydrogen-bond donors (Lipinski definition) is 1. The van der Waals surface area contributed by atoms with E-state index in [9.17, 15) is 9.59 Å². The van der Waals surface area contributed by atoms with E-state index < -0.39 is 0 Å². The molecule has 6 heteroatoms. The van der Waals surface area contributed by atoms with Crippen LogP contribution in [0.3, 0.4) is 0 Å². The second-order valence-electron chi connectivity index (χ2n) is 5.46. The van der Waals surface area contributed by atoms with E-state index in [0.717, 1.165) is 5.56 Å². The van der Waals surface area contributed by atoms with E-state index in [1.807, 2.05) is 6.07 Å². The first-order chi connectivity index (χ1) is 11.6. The number of fused-ring (bicyclic) bond motifs is 1. The Bertz CT molecular complexity index is 855.